The number of sulfone groups is 1. The summed E-state index contributed by atoms with van der Waals surface area (Å²) in [4.78, 5) is 11.2. The molecule has 0 atom stereocenters. The number of anilines is 1. The lowest BCUT2D eigenvalue weighted by atomic mass is 10.1. The topological polar surface area (TPSA) is 140 Å². The molecule has 2 heterocycles. The highest BCUT2D eigenvalue weighted by Crippen LogP contribution is 2.28. The van der Waals surface area contributed by atoms with Crippen LogP contribution in [0.2, 0.25) is 0 Å². The summed E-state index contributed by atoms with van der Waals surface area (Å²) in [6, 6.07) is 14.4. The van der Waals surface area contributed by atoms with Crippen molar-refractivity contribution >= 4 is 15.7 Å². The van der Waals surface area contributed by atoms with Gasteiger partial charge in [-0.2, -0.15) is 0 Å². The van der Waals surface area contributed by atoms with E-state index in [2.05, 4.69) is 30.4 Å². The zero-order valence-electron chi connectivity index (χ0n) is 21.3. The average Bonchev–Trinajstić information content (AvgIpc) is 3.37. The van der Waals surface area contributed by atoms with Gasteiger partial charge < -0.3 is 20.4 Å². The van der Waals surface area contributed by atoms with Gasteiger partial charge in [0, 0.05) is 30.8 Å². The highest BCUT2D eigenvalue weighted by molar-refractivity contribution is 7.92. The summed E-state index contributed by atoms with van der Waals surface area (Å²) in [5.41, 5.74) is 9.45. The van der Waals surface area contributed by atoms with Crippen LogP contribution in [0.3, 0.4) is 0 Å². The predicted octanol–water partition coefficient (Wildman–Crippen LogP) is 3.28. The van der Waals surface area contributed by atoms with Crippen LogP contribution < -0.4 is 11.1 Å². The highest BCUT2D eigenvalue weighted by atomic mass is 32.2. The molecule has 0 spiro atoms. The third-order valence-corrected chi connectivity index (χ3v) is 7.96. The van der Waals surface area contributed by atoms with Crippen molar-refractivity contribution in [3.05, 3.63) is 60.3 Å². The molecule has 10 nitrogen and oxygen atoms in total. The Balaban J connectivity index is 1.51. The van der Waals surface area contributed by atoms with Crippen LogP contribution in [0.1, 0.15) is 19.4 Å². The van der Waals surface area contributed by atoms with Gasteiger partial charge in [0.1, 0.15) is 0 Å². The van der Waals surface area contributed by atoms with Gasteiger partial charge >= 0.3 is 0 Å². The monoisotopic (exact) mass is 521 g/mol. The molecule has 0 amide bonds. The van der Waals surface area contributed by atoms with Gasteiger partial charge in [-0.3, -0.25) is 0 Å². The molecular formula is C26H31N7O3S. The van der Waals surface area contributed by atoms with E-state index in [-0.39, 0.29) is 22.3 Å². The third kappa shape index (κ3) is 6.19. The number of nitrogen functional groups attached to an aromatic ring is 1. The molecule has 0 unspecified atom stereocenters. The van der Waals surface area contributed by atoms with Crippen molar-refractivity contribution in [3.8, 4) is 34.3 Å². The van der Waals surface area contributed by atoms with Crippen molar-refractivity contribution < 1.29 is 12.8 Å². The van der Waals surface area contributed by atoms with Crippen molar-refractivity contribution in [3.63, 3.8) is 0 Å². The Morgan fingerprint density at radius 3 is 2.27 bits per heavy atom. The minimum atomic E-state index is -3.36. The number of hydrogen-bond acceptors (Lipinski definition) is 10. The van der Waals surface area contributed by atoms with E-state index in [1.54, 1.807) is 38.1 Å². The first kappa shape index (κ1) is 26.4. The number of nitrogens with one attached hydrogen (secondary N) is 1. The van der Waals surface area contributed by atoms with Crippen LogP contribution in [-0.2, 0) is 16.4 Å². The zero-order valence-corrected chi connectivity index (χ0v) is 22.2. The summed E-state index contributed by atoms with van der Waals surface area (Å²) in [7, 11) is 0.728. The van der Waals surface area contributed by atoms with Crippen molar-refractivity contribution in [2.24, 2.45) is 0 Å². The number of nitrogens with two attached hydrogens (primary N) is 1. The summed E-state index contributed by atoms with van der Waals surface area (Å²) >= 11 is 0. The number of aromatic nitrogens is 4. The molecule has 11 heteroatoms. The summed E-state index contributed by atoms with van der Waals surface area (Å²) in [6.45, 7) is 5.95. The van der Waals surface area contributed by atoms with E-state index in [0.29, 0.717) is 17.1 Å². The summed E-state index contributed by atoms with van der Waals surface area (Å²) in [5.74, 6) is 0.643. The van der Waals surface area contributed by atoms with E-state index in [1.807, 2.05) is 38.4 Å². The van der Waals surface area contributed by atoms with Crippen molar-refractivity contribution in [2.75, 3.05) is 32.9 Å². The molecule has 0 bridgehead atoms. The predicted molar refractivity (Wildman–Crippen MR) is 143 cm³/mol. The molecule has 0 aliphatic heterocycles. The van der Waals surface area contributed by atoms with Crippen molar-refractivity contribution in [1.29, 1.82) is 0 Å². The van der Waals surface area contributed by atoms with Crippen molar-refractivity contribution in [2.45, 2.75) is 30.5 Å². The Hall–Kier alpha value is -3.67. The lowest BCUT2D eigenvalue weighted by Gasteiger charge is -2.10. The van der Waals surface area contributed by atoms with Crippen LogP contribution in [0.5, 0.6) is 0 Å². The maximum Gasteiger partial charge on any atom is 0.270 e. The normalized spacial score (nSPS) is 11.9. The Morgan fingerprint density at radius 1 is 0.973 bits per heavy atom. The number of hydrogen-bond donors (Lipinski definition) is 2. The quantitative estimate of drug-likeness (QED) is 0.299. The Labute approximate surface area is 216 Å². The first-order chi connectivity index (χ1) is 17.6. The minimum absolute atomic E-state index is 0.148. The smallest absolute Gasteiger partial charge is 0.270 e. The van der Waals surface area contributed by atoms with Gasteiger partial charge in [0.2, 0.25) is 5.89 Å². The van der Waals surface area contributed by atoms with Crippen LogP contribution in [0.25, 0.3) is 34.3 Å². The molecule has 0 aliphatic rings. The lowest BCUT2D eigenvalue weighted by molar-refractivity contribution is 0.400. The minimum Gasteiger partial charge on any atom is -0.414 e. The van der Waals surface area contributed by atoms with Gasteiger partial charge in [0.15, 0.2) is 21.3 Å². The molecule has 0 saturated heterocycles. The van der Waals surface area contributed by atoms with Gasteiger partial charge in [0.05, 0.1) is 22.0 Å². The zero-order chi connectivity index (χ0) is 26.6. The van der Waals surface area contributed by atoms with Crippen molar-refractivity contribution in [1.82, 2.24) is 30.4 Å². The number of nitrogens with zero attached hydrogens (tertiary/aromatic N) is 5. The second kappa shape index (κ2) is 11.2. The lowest BCUT2D eigenvalue weighted by Crippen LogP contribution is -2.26. The third-order valence-electron chi connectivity index (χ3n) is 5.79. The molecule has 37 heavy (non-hydrogen) atoms. The number of rotatable bonds is 10. The summed E-state index contributed by atoms with van der Waals surface area (Å²) < 4.78 is 30.7. The molecule has 4 aromatic rings. The van der Waals surface area contributed by atoms with E-state index in [4.69, 9.17) is 10.2 Å². The van der Waals surface area contributed by atoms with Gasteiger partial charge in [0.25, 0.3) is 5.89 Å². The molecule has 2 aromatic heterocycles. The summed E-state index contributed by atoms with van der Waals surface area (Å²) in [6.07, 6.45) is 1.52. The van der Waals surface area contributed by atoms with E-state index in [1.165, 1.54) is 6.20 Å². The summed E-state index contributed by atoms with van der Waals surface area (Å²) in [5, 5.41) is 11.2. The molecule has 0 fully saturated rings. The van der Waals surface area contributed by atoms with E-state index in [9.17, 15) is 8.42 Å². The van der Waals surface area contributed by atoms with Gasteiger partial charge in [-0.25, -0.2) is 18.4 Å². The van der Waals surface area contributed by atoms with Crippen LogP contribution in [0, 0.1) is 0 Å². The first-order valence-corrected chi connectivity index (χ1v) is 13.5. The van der Waals surface area contributed by atoms with Gasteiger partial charge in [-0.05, 0) is 57.8 Å². The molecule has 4 rings (SSSR count). The molecule has 194 valence electrons. The molecule has 2 aromatic carbocycles. The molecule has 0 saturated carbocycles. The Bertz CT molecular complexity index is 1450. The second-order valence-electron chi connectivity index (χ2n) is 9.20. The second-order valence-corrected chi connectivity index (χ2v) is 11.7. The molecule has 0 aliphatic carbocycles. The van der Waals surface area contributed by atoms with E-state index in [0.717, 1.165) is 30.8 Å². The fourth-order valence-corrected chi connectivity index (χ4v) is 4.58. The number of likely N-dealkylation sites (N-methyl/N-ethyl adjacent to an activating group) is 1. The van der Waals surface area contributed by atoms with Crippen LogP contribution in [-0.4, -0.2) is 65.9 Å². The average molecular weight is 522 g/mol. The number of benzene rings is 2. The fourth-order valence-electron chi connectivity index (χ4n) is 3.52. The van der Waals surface area contributed by atoms with Gasteiger partial charge in [-0.1, -0.05) is 24.3 Å². The van der Waals surface area contributed by atoms with Gasteiger partial charge in [-0.15, -0.1) is 10.2 Å². The van der Waals surface area contributed by atoms with Crippen LogP contribution in [0.15, 0.2) is 64.0 Å². The molecule has 3 N–H and O–H groups in total. The Morgan fingerprint density at radius 2 is 1.62 bits per heavy atom. The fraction of sp³-hybridized carbons (Fsp3) is 0.308. The Kier molecular flexibility index (Phi) is 7.96. The van der Waals surface area contributed by atoms with Crippen LogP contribution >= 0.6 is 0 Å². The highest BCUT2D eigenvalue weighted by Gasteiger charge is 2.20. The first-order valence-electron chi connectivity index (χ1n) is 11.9. The van der Waals surface area contributed by atoms with E-state index >= 15 is 0 Å². The molecule has 0 radical (unpaired) electrons. The maximum atomic E-state index is 12.4. The van der Waals surface area contributed by atoms with Crippen LogP contribution in [0.4, 0.5) is 5.82 Å². The van der Waals surface area contributed by atoms with E-state index < -0.39 is 15.1 Å². The maximum absolute atomic E-state index is 12.4. The SMILES string of the molecule is CC(C)S(=O)(=O)c1ccc(-c2cnc(N)c(-c3nnc(-c4ccc(CNCCN(C)C)cc4)o3)n2)cc1. The molecular weight excluding hydrogens is 490 g/mol. The standard InChI is InChI=1S/C26H31N7O3S/c1-17(2)37(34,35)21-11-9-19(10-12-21)22-16-29-24(27)23(30-22)26-32-31-25(36-26)20-7-5-18(6-8-20)15-28-13-14-33(3)4/h5-12,16-17,28H,13-15H2,1-4H3,(H2,27,29). The largest absolute Gasteiger partial charge is 0.414 e.